The van der Waals surface area contributed by atoms with E-state index in [0.717, 1.165) is 17.9 Å². The van der Waals surface area contributed by atoms with Crippen LogP contribution in [0.1, 0.15) is 23.6 Å². The molecule has 0 aliphatic carbocycles. The molecule has 0 spiro atoms. The molecule has 0 bridgehead atoms. The number of ether oxygens (including phenoxy) is 1. The van der Waals surface area contributed by atoms with Crippen LogP contribution in [0.4, 0.5) is 5.69 Å². The van der Waals surface area contributed by atoms with Crippen LogP contribution in [0.3, 0.4) is 0 Å². The van der Waals surface area contributed by atoms with Gasteiger partial charge in [-0.25, -0.2) is 0 Å². The summed E-state index contributed by atoms with van der Waals surface area (Å²) < 4.78 is 27.9. The van der Waals surface area contributed by atoms with Crippen molar-refractivity contribution in [1.82, 2.24) is 0 Å². The van der Waals surface area contributed by atoms with Crippen LogP contribution in [0.2, 0.25) is 0 Å². The zero-order valence-corrected chi connectivity index (χ0v) is 16.5. The molecule has 140 valence electrons. The molecule has 0 aliphatic rings. The van der Waals surface area contributed by atoms with E-state index in [9.17, 15) is 0 Å². The molecule has 2 aromatic rings. The van der Waals surface area contributed by atoms with Crippen LogP contribution >= 0.6 is 0 Å². The summed E-state index contributed by atoms with van der Waals surface area (Å²) in [6.45, 7) is 19.5. The maximum absolute atomic E-state index is 7.50. The summed E-state index contributed by atoms with van der Waals surface area (Å²) in [5.41, 5.74) is 3.57. The molecule has 0 fully saturated rings. The fourth-order valence-electron chi connectivity index (χ4n) is 2.36. The molecular formula is C21H21CrNO4. The van der Waals surface area contributed by atoms with Gasteiger partial charge in [-0.15, -0.1) is 6.58 Å². The molecule has 0 saturated carbocycles. The summed E-state index contributed by atoms with van der Waals surface area (Å²) in [5, 5.41) is 3.56. The summed E-state index contributed by atoms with van der Waals surface area (Å²) in [5.74, 6) is 0.857. The minimum Gasteiger partial charge on any atom is 0 e. The van der Waals surface area contributed by atoms with Crippen molar-refractivity contribution in [3.63, 3.8) is 0 Å². The number of hydrogen-bond donors (Lipinski definition) is 1. The second kappa shape index (κ2) is 19.9. The van der Waals surface area contributed by atoms with Gasteiger partial charge in [0, 0.05) is 17.4 Å². The maximum atomic E-state index is 7.50. The van der Waals surface area contributed by atoms with Gasteiger partial charge in [0.05, 0.1) is 18.8 Å². The summed E-state index contributed by atoms with van der Waals surface area (Å²) in [6, 6.07) is 16.6. The summed E-state index contributed by atoms with van der Waals surface area (Å²) in [6.07, 6.45) is 2.81. The fraction of sp³-hybridized carbons (Fsp3) is 0.190. The Labute approximate surface area is 171 Å². The van der Waals surface area contributed by atoms with E-state index in [1.54, 1.807) is 7.11 Å². The van der Waals surface area contributed by atoms with Gasteiger partial charge in [0.2, 0.25) is 0 Å². The Morgan fingerprint density at radius 2 is 1.52 bits per heavy atom. The molecule has 2 rings (SSSR count). The molecule has 0 amide bonds. The smallest absolute Gasteiger partial charge is 0 e. The van der Waals surface area contributed by atoms with Crippen LogP contribution in [0.15, 0.2) is 61.2 Å². The monoisotopic (exact) mass is 403 g/mol. The molecule has 27 heavy (non-hydrogen) atoms. The number of rotatable bonds is 6. The molecule has 0 heterocycles. The molecule has 2 aromatic carbocycles. The van der Waals surface area contributed by atoms with Gasteiger partial charge >= 0.3 is 33.9 Å². The van der Waals surface area contributed by atoms with Crippen molar-refractivity contribution < 1.29 is 36.1 Å². The normalized spacial score (nSPS) is 8.89. The van der Waals surface area contributed by atoms with Crippen molar-refractivity contribution >= 4 is 5.69 Å². The van der Waals surface area contributed by atoms with Crippen LogP contribution in [0.25, 0.3) is 0 Å². The summed E-state index contributed by atoms with van der Waals surface area (Å²) in [7, 11) is 1.69. The Morgan fingerprint density at radius 3 is 2.04 bits per heavy atom. The Hall–Kier alpha value is -2.47. The zero-order valence-electron chi connectivity index (χ0n) is 15.2. The minimum atomic E-state index is 0. The number of anilines is 1. The van der Waals surface area contributed by atoms with E-state index < -0.39 is 0 Å². The van der Waals surface area contributed by atoms with Crippen molar-refractivity contribution in [2.75, 3.05) is 12.4 Å². The largest absolute Gasteiger partial charge is 0 e. The molecular weight excluding hydrogens is 382 g/mol. The standard InChI is InChI=1S/C18H21NO.3CO.Cr/c1-4-9-16(15-11-6-5-10-14(15)2)19-17-12-7-8-13-18(17)20-3;3*1-2;/h4-8,10-13,16,19H,1,9H2,2-3H3;;;;. The average Bonchev–Trinajstić information content (AvgIpc) is 2.73. The van der Waals surface area contributed by atoms with E-state index >= 15 is 0 Å². The average molecular weight is 403 g/mol. The van der Waals surface area contributed by atoms with Crippen molar-refractivity contribution in [1.29, 1.82) is 0 Å². The number of aryl methyl sites for hydroxylation is 1. The van der Waals surface area contributed by atoms with Gasteiger partial charge in [-0.1, -0.05) is 42.5 Å². The minimum absolute atomic E-state index is 0. The first-order chi connectivity index (χ1) is 12.8. The number of nitrogens with one attached hydrogen (secondary N) is 1. The van der Waals surface area contributed by atoms with Gasteiger partial charge in [-0.2, -0.15) is 0 Å². The van der Waals surface area contributed by atoms with Crippen molar-refractivity contribution in [3.05, 3.63) is 92.3 Å². The van der Waals surface area contributed by atoms with Gasteiger partial charge in [-0.05, 0) is 36.6 Å². The van der Waals surface area contributed by atoms with Crippen molar-refractivity contribution in [3.8, 4) is 5.75 Å². The molecule has 1 N–H and O–H groups in total. The zero-order chi connectivity index (χ0) is 20.4. The van der Waals surface area contributed by atoms with E-state index in [1.807, 2.05) is 30.3 Å². The molecule has 0 saturated heterocycles. The third-order valence-corrected chi connectivity index (χ3v) is 3.40. The van der Waals surface area contributed by atoms with Crippen LogP contribution in [-0.2, 0) is 31.3 Å². The predicted molar refractivity (Wildman–Crippen MR) is 97.1 cm³/mol. The van der Waals surface area contributed by atoms with Crippen LogP contribution in [-0.4, -0.2) is 7.11 Å². The fourth-order valence-corrected chi connectivity index (χ4v) is 2.36. The molecule has 1 atom stereocenters. The second-order valence-corrected chi connectivity index (χ2v) is 4.78. The first kappa shape index (κ1) is 29.3. The van der Waals surface area contributed by atoms with E-state index in [0.29, 0.717) is 0 Å². The van der Waals surface area contributed by atoms with Crippen LogP contribution in [0.5, 0.6) is 5.75 Å². The van der Waals surface area contributed by atoms with E-state index in [2.05, 4.69) is 63.0 Å². The summed E-state index contributed by atoms with van der Waals surface area (Å²) in [4.78, 5) is 0. The molecule has 1 unspecified atom stereocenters. The number of methoxy groups -OCH3 is 1. The van der Waals surface area contributed by atoms with E-state index in [-0.39, 0.29) is 23.4 Å². The van der Waals surface area contributed by atoms with E-state index in [1.165, 1.54) is 11.1 Å². The molecule has 0 aliphatic heterocycles. The molecule has 0 aromatic heterocycles. The van der Waals surface area contributed by atoms with Gasteiger partial charge in [0.25, 0.3) is 0 Å². The molecule has 5 nitrogen and oxygen atoms in total. The summed E-state index contributed by atoms with van der Waals surface area (Å²) >= 11 is 0. The van der Waals surface area contributed by atoms with Crippen molar-refractivity contribution in [2.24, 2.45) is 0 Å². The second-order valence-electron chi connectivity index (χ2n) is 4.78. The Kier molecular flexibility index (Phi) is 21.5. The van der Waals surface area contributed by atoms with Gasteiger partial charge < -0.3 is 10.1 Å². The third-order valence-electron chi connectivity index (χ3n) is 3.40. The third kappa shape index (κ3) is 10.3. The van der Waals surface area contributed by atoms with Crippen molar-refractivity contribution in [2.45, 2.75) is 19.4 Å². The van der Waals surface area contributed by atoms with Crippen LogP contribution < -0.4 is 10.1 Å². The predicted octanol–water partition coefficient (Wildman–Crippen LogP) is 4.62. The Morgan fingerprint density at radius 1 is 1.00 bits per heavy atom. The maximum Gasteiger partial charge on any atom is 0 e. The number of para-hydroxylation sites is 2. The Bertz CT molecular complexity index is 696. The van der Waals surface area contributed by atoms with Crippen LogP contribution in [0, 0.1) is 26.9 Å². The quantitative estimate of drug-likeness (QED) is 0.434. The first-order valence-electron chi connectivity index (χ1n) is 7.43. The molecule has 6 heteroatoms. The molecule has 0 radical (unpaired) electrons. The van der Waals surface area contributed by atoms with E-state index in [4.69, 9.17) is 18.7 Å². The Balaban J connectivity index is -0.000000749. The topological polar surface area (TPSA) is 81.0 Å². The van der Waals surface area contributed by atoms with Gasteiger partial charge in [-0.3, -0.25) is 0 Å². The number of hydrogen-bond acceptors (Lipinski definition) is 2. The SMILES string of the molecule is C=CCC(Nc1ccccc1OC)c1ccccc1C.[C-]#[O+].[C-]#[O+].[C-]#[O+].[Cr]. The first-order valence-corrected chi connectivity index (χ1v) is 7.43. The van der Waals surface area contributed by atoms with Gasteiger partial charge in [0.1, 0.15) is 5.75 Å². The number of benzene rings is 2. The van der Waals surface area contributed by atoms with Gasteiger partial charge in [0.15, 0.2) is 0 Å².